The van der Waals surface area contributed by atoms with Crippen LogP contribution in [0.1, 0.15) is 40.0 Å². The normalized spacial score (nSPS) is 15.3. The van der Waals surface area contributed by atoms with Crippen LogP contribution < -0.4 is 0 Å². The standard InChI is InChI=1S/C11H22ClNO2/c1-4-6-7-13(9(3)5-2)8-10(12)11(14)15/h9-10H,4-8H2,1-3H3,(H,14,15). The Morgan fingerprint density at radius 3 is 2.47 bits per heavy atom. The van der Waals surface area contributed by atoms with Crippen LogP contribution in [0.2, 0.25) is 0 Å². The fraction of sp³-hybridized carbons (Fsp3) is 0.909. The zero-order valence-corrected chi connectivity index (χ0v) is 10.6. The van der Waals surface area contributed by atoms with Crippen molar-refractivity contribution in [3.05, 3.63) is 0 Å². The summed E-state index contributed by atoms with van der Waals surface area (Å²) in [6, 6.07) is 0.400. The maximum Gasteiger partial charge on any atom is 0.322 e. The first-order valence-corrected chi connectivity index (χ1v) is 6.07. The summed E-state index contributed by atoms with van der Waals surface area (Å²) in [6.45, 7) is 7.72. The van der Waals surface area contributed by atoms with Crippen molar-refractivity contribution >= 4 is 17.6 Å². The van der Waals surface area contributed by atoms with Gasteiger partial charge < -0.3 is 5.11 Å². The monoisotopic (exact) mass is 235 g/mol. The van der Waals surface area contributed by atoms with E-state index in [1.165, 1.54) is 0 Å². The Kier molecular flexibility index (Phi) is 7.79. The van der Waals surface area contributed by atoms with E-state index in [-0.39, 0.29) is 0 Å². The molecule has 0 aliphatic heterocycles. The number of carboxylic acids is 1. The van der Waals surface area contributed by atoms with Gasteiger partial charge in [-0.3, -0.25) is 9.69 Å². The topological polar surface area (TPSA) is 40.5 Å². The van der Waals surface area contributed by atoms with Crippen LogP contribution in [0.15, 0.2) is 0 Å². The van der Waals surface area contributed by atoms with E-state index in [9.17, 15) is 4.79 Å². The van der Waals surface area contributed by atoms with Crippen LogP contribution in [0.5, 0.6) is 0 Å². The molecule has 0 bridgehead atoms. The largest absolute Gasteiger partial charge is 0.480 e. The summed E-state index contributed by atoms with van der Waals surface area (Å²) < 4.78 is 0. The number of halogens is 1. The van der Waals surface area contributed by atoms with Crippen molar-refractivity contribution in [2.75, 3.05) is 13.1 Å². The van der Waals surface area contributed by atoms with Crippen molar-refractivity contribution in [1.82, 2.24) is 4.90 Å². The van der Waals surface area contributed by atoms with Crippen molar-refractivity contribution < 1.29 is 9.90 Å². The second-order valence-electron chi connectivity index (χ2n) is 3.91. The lowest BCUT2D eigenvalue weighted by Crippen LogP contribution is -2.40. The second kappa shape index (κ2) is 7.94. The smallest absolute Gasteiger partial charge is 0.322 e. The minimum atomic E-state index is -0.929. The quantitative estimate of drug-likeness (QED) is 0.658. The molecule has 1 N–H and O–H groups in total. The van der Waals surface area contributed by atoms with Gasteiger partial charge in [0.2, 0.25) is 0 Å². The molecule has 0 radical (unpaired) electrons. The first-order valence-electron chi connectivity index (χ1n) is 5.63. The average Bonchev–Trinajstić information content (AvgIpc) is 2.22. The van der Waals surface area contributed by atoms with E-state index in [4.69, 9.17) is 16.7 Å². The van der Waals surface area contributed by atoms with Crippen molar-refractivity contribution in [3.63, 3.8) is 0 Å². The number of unbranched alkanes of at least 4 members (excludes halogenated alkanes) is 1. The molecule has 0 aromatic rings. The number of carboxylic acid groups (broad SMARTS) is 1. The lowest BCUT2D eigenvalue weighted by molar-refractivity contribution is -0.137. The molecule has 0 aromatic carbocycles. The van der Waals surface area contributed by atoms with Crippen molar-refractivity contribution in [2.24, 2.45) is 0 Å². The summed E-state index contributed by atoms with van der Waals surface area (Å²) in [5, 5.41) is 7.96. The maximum atomic E-state index is 10.7. The van der Waals surface area contributed by atoms with E-state index in [1.54, 1.807) is 0 Å². The van der Waals surface area contributed by atoms with Gasteiger partial charge in [0.15, 0.2) is 0 Å². The Morgan fingerprint density at radius 1 is 1.47 bits per heavy atom. The van der Waals surface area contributed by atoms with Gasteiger partial charge in [0.1, 0.15) is 5.38 Å². The lowest BCUT2D eigenvalue weighted by Gasteiger charge is -2.29. The average molecular weight is 236 g/mol. The Hall–Kier alpha value is -0.280. The molecule has 0 heterocycles. The highest BCUT2D eigenvalue weighted by Crippen LogP contribution is 2.09. The number of alkyl halides is 1. The van der Waals surface area contributed by atoms with E-state index < -0.39 is 11.3 Å². The van der Waals surface area contributed by atoms with Crippen LogP contribution in [-0.2, 0) is 4.79 Å². The molecule has 0 aromatic heterocycles. The van der Waals surface area contributed by atoms with Gasteiger partial charge in [0, 0.05) is 12.6 Å². The van der Waals surface area contributed by atoms with Crippen LogP contribution in [0.4, 0.5) is 0 Å². The molecule has 0 rings (SSSR count). The molecule has 0 saturated carbocycles. The summed E-state index contributed by atoms with van der Waals surface area (Å²) in [5.74, 6) is -0.929. The number of aliphatic carboxylic acids is 1. The molecule has 0 saturated heterocycles. The van der Waals surface area contributed by atoms with E-state index in [2.05, 4.69) is 25.7 Å². The highest BCUT2D eigenvalue weighted by Gasteiger charge is 2.20. The Morgan fingerprint density at radius 2 is 2.07 bits per heavy atom. The third-order valence-corrected chi connectivity index (χ3v) is 3.00. The molecular weight excluding hydrogens is 214 g/mol. The Balaban J connectivity index is 4.16. The predicted molar refractivity (Wildman–Crippen MR) is 63.5 cm³/mol. The lowest BCUT2D eigenvalue weighted by atomic mass is 10.2. The number of carbonyl (C=O) groups is 1. The number of nitrogens with zero attached hydrogens (tertiary/aromatic N) is 1. The highest BCUT2D eigenvalue weighted by atomic mass is 35.5. The zero-order chi connectivity index (χ0) is 11.8. The van der Waals surface area contributed by atoms with Crippen LogP contribution in [0.25, 0.3) is 0 Å². The van der Waals surface area contributed by atoms with Gasteiger partial charge in [-0.05, 0) is 26.3 Å². The predicted octanol–water partition coefficient (Wildman–Crippen LogP) is 2.58. The van der Waals surface area contributed by atoms with E-state index >= 15 is 0 Å². The van der Waals surface area contributed by atoms with Gasteiger partial charge in [-0.15, -0.1) is 11.6 Å². The molecule has 0 amide bonds. The minimum Gasteiger partial charge on any atom is -0.480 e. The van der Waals surface area contributed by atoms with Crippen molar-refractivity contribution in [2.45, 2.75) is 51.5 Å². The molecule has 15 heavy (non-hydrogen) atoms. The molecular formula is C11H22ClNO2. The molecule has 0 aliphatic carbocycles. The van der Waals surface area contributed by atoms with Crippen molar-refractivity contribution in [3.8, 4) is 0 Å². The van der Waals surface area contributed by atoms with Crippen LogP contribution in [0.3, 0.4) is 0 Å². The molecule has 0 spiro atoms. The van der Waals surface area contributed by atoms with Gasteiger partial charge in [0.05, 0.1) is 0 Å². The summed E-state index contributed by atoms with van der Waals surface area (Å²) in [4.78, 5) is 12.8. The molecule has 0 aliphatic rings. The van der Waals surface area contributed by atoms with Gasteiger partial charge in [-0.25, -0.2) is 0 Å². The first-order chi connectivity index (χ1) is 7.02. The van der Waals surface area contributed by atoms with E-state index in [1.807, 2.05) is 0 Å². The number of hydrogen-bond donors (Lipinski definition) is 1. The van der Waals surface area contributed by atoms with Crippen LogP contribution >= 0.6 is 11.6 Å². The number of rotatable bonds is 8. The van der Waals surface area contributed by atoms with Gasteiger partial charge in [-0.2, -0.15) is 0 Å². The van der Waals surface area contributed by atoms with Gasteiger partial charge in [-0.1, -0.05) is 20.3 Å². The maximum absolute atomic E-state index is 10.7. The third-order valence-electron chi connectivity index (χ3n) is 2.68. The van der Waals surface area contributed by atoms with E-state index in [0.717, 1.165) is 25.8 Å². The van der Waals surface area contributed by atoms with Crippen LogP contribution in [0, 0.1) is 0 Å². The molecule has 90 valence electrons. The second-order valence-corrected chi connectivity index (χ2v) is 4.44. The third kappa shape index (κ3) is 6.00. The first kappa shape index (κ1) is 14.7. The van der Waals surface area contributed by atoms with Crippen molar-refractivity contribution in [1.29, 1.82) is 0 Å². The Labute approximate surface area is 97.4 Å². The molecule has 0 fully saturated rings. The molecule has 2 atom stereocenters. The minimum absolute atomic E-state index is 0.400. The van der Waals surface area contributed by atoms with E-state index in [0.29, 0.717) is 12.6 Å². The number of hydrogen-bond acceptors (Lipinski definition) is 2. The zero-order valence-electron chi connectivity index (χ0n) is 9.87. The van der Waals surface area contributed by atoms with Crippen LogP contribution in [-0.4, -0.2) is 40.5 Å². The van der Waals surface area contributed by atoms with Gasteiger partial charge in [0.25, 0.3) is 0 Å². The van der Waals surface area contributed by atoms with Gasteiger partial charge >= 0.3 is 5.97 Å². The summed E-state index contributed by atoms with van der Waals surface area (Å²) in [6.07, 6.45) is 3.23. The highest BCUT2D eigenvalue weighted by molar-refractivity contribution is 6.29. The summed E-state index contributed by atoms with van der Waals surface area (Å²) >= 11 is 5.75. The summed E-state index contributed by atoms with van der Waals surface area (Å²) in [5.41, 5.74) is 0. The molecule has 4 heteroatoms. The summed E-state index contributed by atoms with van der Waals surface area (Å²) in [7, 11) is 0. The fourth-order valence-corrected chi connectivity index (χ4v) is 1.57. The SMILES string of the molecule is CCCCN(CC(Cl)C(=O)O)C(C)CC. The fourth-order valence-electron chi connectivity index (χ4n) is 1.40. The Bertz CT molecular complexity index is 187. The molecule has 2 unspecified atom stereocenters. The molecule has 3 nitrogen and oxygen atoms in total.